The van der Waals surface area contributed by atoms with E-state index in [0.29, 0.717) is 18.8 Å². The van der Waals surface area contributed by atoms with E-state index in [2.05, 4.69) is 16.0 Å². The minimum atomic E-state index is -0.511. The van der Waals surface area contributed by atoms with Crippen LogP contribution in [0, 0.1) is 11.7 Å². The molecular weight excluding hydrogens is 317 g/mol. The molecule has 1 aliphatic heterocycles. The van der Waals surface area contributed by atoms with Gasteiger partial charge in [-0.05, 0) is 41.9 Å². The zero-order chi connectivity index (χ0) is 16.8. The van der Waals surface area contributed by atoms with Gasteiger partial charge in [0.1, 0.15) is 11.9 Å². The van der Waals surface area contributed by atoms with Crippen molar-refractivity contribution < 1.29 is 14.0 Å². The molecule has 3 N–H and O–H groups in total. The van der Waals surface area contributed by atoms with Crippen LogP contribution in [-0.2, 0) is 17.1 Å². The SMILES string of the molecule is CSCc1cc(F)ccc1CNC(=O)N[C@H]1C(=O)NCC[C@H]1C. The van der Waals surface area contributed by atoms with Crippen molar-refractivity contribution in [2.75, 3.05) is 12.8 Å². The van der Waals surface area contributed by atoms with Crippen molar-refractivity contribution in [3.8, 4) is 0 Å². The van der Waals surface area contributed by atoms with Crippen molar-refractivity contribution in [1.82, 2.24) is 16.0 Å². The number of amides is 3. The van der Waals surface area contributed by atoms with Gasteiger partial charge in [0.25, 0.3) is 0 Å². The second-order valence-corrected chi connectivity index (χ2v) is 6.57. The molecule has 1 aromatic carbocycles. The van der Waals surface area contributed by atoms with E-state index in [9.17, 15) is 14.0 Å². The Morgan fingerprint density at radius 3 is 2.91 bits per heavy atom. The van der Waals surface area contributed by atoms with Crippen LogP contribution in [0.3, 0.4) is 0 Å². The van der Waals surface area contributed by atoms with Gasteiger partial charge < -0.3 is 16.0 Å². The summed E-state index contributed by atoms with van der Waals surface area (Å²) < 4.78 is 13.3. The highest BCUT2D eigenvalue weighted by Gasteiger charge is 2.29. The molecule has 0 aromatic heterocycles. The first kappa shape index (κ1) is 17.6. The summed E-state index contributed by atoms with van der Waals surface area (Å²) in [5.41, 5.74) is 1.73. The van der Waals surface area contributed by atoms with Gasteiger partial charge in [0.15, 0.2) is 0 Å². The Kier molecular flexibility index (Phi) is 6.27. The zero-order valence-electron chi connectivity index (χ0n) is 13.3. The fourth-order valence-electron chi connectivity index (χ4n) is 2.59. The number of benzene rings is 1. The lowest BCUT2D eigenvalue weighted by Crippen LogP contribution is -2.56. The molecule has 1 heterocycles. The summed E-state index contributed by atoms with van der Waals surface area (Å²) in [4.78, 5) is 23.8. The van der Waals surface area contributed by atoms with Crippen LogP contribution in [0.4, 0.5) is 9.18 Å². The summed E-state index contributed by atoms with van der Waals surface area (Å²) in [7, 11) is 0. The van der Waals surface area contributed by atoms with Crippen LogP contribution in [-0.4, -0.2) is 30.8 Å². The number of nitrogens with one attached hydrogen (secondary N) is 3. The third-order valence-electron chi connectivity index (χ3n) is 3.94. The molecular formula is C16H22FN3O2S. The lowest BCUT2D eigenvalue weighted by molar-refractivity contribution is -0.125. The van der Waals surface area contributed by atoms with E-state index in [1.807, 2.05) is 13.2 Å². The molecule has 0 aliphatic carbocycles. The highest BCUT2D eigenvalue weighted by molar-refractivity contribution is 7.97. The van der Waals surface area contributed by atoms with Gasteiger partial charge in [-0.25, -0.2) is 9.18 Å². The van der Waals surface area contributed by atoms with Crippen LogP contribution in [0.1, 0.15) is 24.5 Å². The van der Waals surface area contributed by atoms with Gasteiger partial charge in [-0.2, -0.15) is 11.8 Å². The molecule has 0 radical (unpaired) electrons. The number of thioether (sulfide) groups is 1. The molecule has 3 amide bonds. The molecule has 1 saturated heterocycles. The van der Waals surface area contributed by atoms with Crippen molar-refractivity contribution in [2.24, 2.45) is 5.92 Å². The van der Waals surface area contributed by atoms with Crippen molar-refractivity contribution >= 4 is 23.7 Å². The van der Waals surface area contributed by atoms with Gasteiger partial charge >= 0.3 is 6.03 Å². The number of carbonyl (C=O) groups excluding carboxylic acids is 2. The minimum Gasteiger partial charge on any atom is -0.354 e. The third kappa shape index (κ3) is 4.86. The first-order chi connectivity index (χ1) is 11.0. The van der Waals surface area contributed by atoms with E-state index in [4.69, 9.17) is 0 Å². The van der Waals surface area contributed by atoms with Gasteiger partial charge in [-0.3, -0.25) is 4.79 Å². The average molecular weight is 339 g/mol. The lowest BCUT2D eigenvalue weighted by atomic mass is 9.94. The molecule has 23 heavy (non-hydrogen) atoms. The molecule has 1 aliphatic rings. The van der Waals surface area contributed by atoms with E-state index < -0.39 is 12.1 Å². The molecule has 2 rings (SSSR count). The largest absolute Gasteiger partial charge is 0.354 e. The molecule has 0 unspecified atom stereocenters. The highest BCUT2D eigenvalue weighted by Crippen LogP contribution is 2.17. The number of hydrogen-bond acceptors (Lipinski definition) is 3. The monoisotopic (exact) mass is 339 g/mol. The normalized spacial score (nSPS) is 20.7. The summed E-state index contributed by atoms with van der Waals surface area (Å²) in [6.45, 7) is 2.89. The summed E-state index contributed by atoms with van der Waals surface area (Å²) >= 11 is 1.59. The van der Waals surface area contributed by atoms with Gasteiger partial charge in [-0.1, -0.05) is 13.0 Å². The summed E-state index contributed by atoms with van der Waals surface area (Å²) in [6, 6.07) is 3.65. The standard InChI is InChI=1S/C16H22FN3O2S/c1-10-5-6-18-15(21)14(10)20-16(22)19-8-11-3-4-13(17)7-12(11)9-23-2/h3-4,7,10,14H,5-6,8-9H2,1-2H3,(H,18,21)(H2,19,20,22)/t10-,14-/m1/s1. The van der Waals surface area contributed by atoms with Crippen LogP contribution in [0.15, 0.2) is 18.2 Å². The number of halogens is 1. The molecule has 0 spiro atoms. The molecule has 5 nitrogen and oxygen atoms in total. The van der Waals surface area contributed by atoms with Crippen molar-refractivity contribution in [1.29, 1.82) is 0 Å². The quantitative estimate of drug-likeness (QED) is 0.769. The zero-order valence-corrected chi connectivity index (χ0v) is 14.1. The van der Waals surface area contributed by atoms with Gasteiger partial charge in [0.05, 0.1) is 0 Å². The maximum atomic E-state index is 13.3. The van der Waals surface area contributed by atoms with E-state index in [0.717, 1.165) is 17.5 Å². The Hall–Kier alpha value is -1.76. The topological polar surface area (TPSA) is 70.2 Å². The molecule has 1 aromatic rings. The maximum absolute atomic E-state index is 13.3. The Morgan fingerprint density at radius 2 is 2.22 bits per heavy atom. The van der Waals surface area contributed by atoms with Crippen LogP contribution in [0.5, 0.6) is 0 Å². The van der Waals surface area contributed by atoms with Gasteiger partial charge in [0, 0.05) is 18.8 Å². The van der Waals surface area contributed by atoms with Crippen LogP contribution >= 0.6 is 11.8 Å². The molecule has 0 bridgehead atoms. The van der Waals surface area contributed by atoms with Crippen molar-refractivity contribution in [3.05, 3.63) is 35.1 Å². The Bertz CT molecular complexity index is 582. The third-order valence-corrected chi connectivity index (χ3v) is 4.54. The molecule has 0 saturated carbocycles. The van der Waals surface area contributed by atoms with E-state index in [-0.39, 0.29) is 17.6 Å². The second kappa shape index (κ2) is 8.19. The first-order valence-electron chi connectivity index (χ1n) is 7.59. The Balaban J connectivity index is 1.92. The van der Waals surface area contributed by atoms with Crippen molar-refractivity contribution in [2.45, 2.75) is 31.7 Å². The molecule has 1 fully saturated rings. The first-order valence-corrected chi connectivity index (χ1v) is 8.99. The Labute approximate surface area is 139 Å². The average Bonchev–Trinajstić information content (AvgIpc) is 2.51. The van der Waals surface area contributed by atoms with Gasteiger partial charge in [0.2, 0.25) is 5.91 Å². The predicted octanol–water partition coefficient (Wildman–Crippen LogP) is 2.01. The van der Waals surface area contributed by atoms with Crippen LogP contribution < -0.4 is 16.0 Å². The molecule has 7 heteroatoms. The van der Waals surface area contributed by atoms with Gasteiger partial charge in [-0.15, -0.1) is 0 Å². The van der Waals surface area contributed by atoms with Crippen LogP contribution in [0.25, 0.3) is 0 Å². The van der Waals surface area contributed by atoms with E-state index in [1.165, 1.54) is 12.1 Å². The number of urea groups is 1. The fourth-order valence-corrected chi connectivity index (χ4v) is 3.17. The second-order valence-electron chi connectivity index (χ2n) is 5.71. The lowest BCUT2D eigenvalue weighted by Gasteiger charge is -2.29. The fraction of sp³-hybridized carbons (Fsp3) is 0.500. The minimum absolute atomic E-state index is 0.104. The molecule has 126 valence electrons. The number of hydrogen-bond donors (Lipinski definition) is 3. The number of rotatable bonds is 5. The summed E-state index contributed by atoms with van der Waals surface area (Å²) in [6.07, 6.45) is 2.78. The summed E-state index contributed by atoms with van der Waals surface area (Å²) in [5.74, 6) is 0.351. The summed E-state index contributed by atoms with van der Waals surface area (Å²) in [5, 5.41) is 8.20. The van der Waals surface area contributed by atoms with E-state index >= 15 is 0 Å². The Morgan fingerprint density at radius 1 is 1.43 bits per heavy atom. The van der Waals surface area contributed by atoms with E-state index in [1.54, 1.807) is 17.8 Å². The molecule has 2 atom stereocenters. The van der Waals surface area contributed by atoms with Crippen molar-refractivity contribution in [3.63, 3.8) is 0 Å². The van der Waals surface area contributed by atoms with Crippen LogP contribution in [0.2, 0.25) is 0 Å². The number of piperidine rings is 1. The smallest absolute Gasteiger partial charge is 0.315 e. The number of carbonyl (C=O) groups is 2. The predicted molar refractivity (Wildman–Crippen MR) is 89.6 cm³/mol. The highest BCUT2D eigenvalue weighted by atomic mass is 32.2. The maximum Gasteiger partial charge on any atom is 0.315 e.